The molecule has 0 aromatic rings. The van der Waals surface area contributed by atoms with Crippen molar-refractivity contribution in [2.45, 2.75) is 19.0 Å². The highest BCUT2D eigenvalue weighted by Gasteiger charge is 2.18. The summed E-state index contributed by atoms with van der Waals surface area (Å²) in [6, 6.07) is 0. The molecule has 1 heterocycles. The minimum absolute atomic E-state index is 0.190. The molecule has 0 aliphatic carbocycles. The number of likely N-dealkylation sites (tertiary alicyclic amines) is 1. The SMILES string of the molecule is CN1CCCC1N=N. The predicted molar refractivity (Wildman–Crippen MR) is 30.8 cm³/mol. The number of nitrogens with zero attached hydrogens (tertiary/aromatic N) is 2. The van der Waals surface area contributed by atoms with Crippen LogP contribution in [-0.2, 0) is 0 Å². The fourth-order valence-corrected chi connectivity index (χ4v) is 1.06. The summed E-state index contributed by atoms with van der Waals surface area (Å²) >= 11 is 0. The summed E-state index contributed by atoms with van der Waals surface area (Å²) in [6.45, 7) is 1.10. The lowest BCUT2D eigenvalue weighted by molar-refractivity contribution is 0.306. The molecule has 0 amide bonds. The van der Waals surface area contributed by atoms with Gasteiger partial charge >= 0.3 is 0 Å². The molecule has 0 spiro atoms. The summed E-state index contributed by atoms with van der Waals surface area (Å²) in [6.07, 6.45) is 2.46. The molecule has 0 aromatic heterocycles. The van der Waals surface area contributed by atoms with Gasteiger partial charge in [-0.05, 0) is 19.9 Å². The Morgan fingerprint density at radius 3 is 2.75 bits per heavy atom. The second-order valence-corrected chi connectivity index (χ2v) is 2.23. The molecule has 1 aliphatic rings. The second kappa shape index (κ2) is 2.22. The van der Waals surface area contributed by atoms with Crippen molar-refractivity contribution in [3.05, 3.63) is 0 Å². The van der Waals surface area contributed by atoms with E-state index in [0.717, 1.165) is 13.0 Å². The molecule has 3 nitrogen and oxygen atoms in total. The highest BCUT2D eigenvalue weighted by atomic mass is 15.3. The van der Waals surface area contributed by atoms with E-state index in [2.05, 4.69) is 10.0 Å². The molecule has 1 saturated heterocycles. The fourth-order valence-electron chi connectivity index (χ4n) is 1.06. The molecule has 0 saturated carbocycles. The van der Waals surface area contributed by atoms with Gasteiger partial charge in [0.25, 0.3) is 0 Å². The highest BCUT2D eigenvalue weighted by Crippen LogP contribution is 2.14. The first-order chi connectivity index (χ1) is 3.84. The van der Waals surface area contributed by atoms with E-state index in [4.69, 9.17) is 5.53 Å². The van der Waals surface area contributed by atoms with Crippen molar-refractivity contribution in [2.75, 3.05) is 13.6 Å². The molecule has 3 heteroatoms. The lowest BCUT2D eigenvalue weighted by Crippen LogP contribution is -2.21. The first kappa shape index (κ1) is 5.69. The van der Waals surface area contributed by atoms with Crippen molar-refractivity contribution in [3.8, 4) is 0 Å². The molecule has 1 unspecified atom stereocenters. The van der Waals surface area contributed by atoms with Gasteiger partial charge in [0.15, 0.2) is 0 Å². The molecule has 1 atom stereocenters. The Balaban J connectivity index is 2.41. The van der Waals surface area contributed by atoms with E-state index in [1.54, 1.807) is 0 Å². The van der Waals surface area contributed by atoms with Gasteiger partial charge in [-0.15, -0.1) is 0 Å². The van der Waals surface area contributed by atoms with E-state index in [9.17, 15) is 0 Å². The van der Waals surface area contributed by atoms with Crippen LogP contribution in [0.2, 0.25) is 0 Å². The molecule has 1 rings (SSSR count). The van der Waals surface area contributed by atoms with Crippen LogP contribution in [0.4, 0.5) is 0 Å². The molecular formula is C5H11N3. The summed E-state index contributed by atoms with van der Waals surface area (Å²) in [7, 11) is 2.01. The van der Waals surface area contributed by atoms with E-state index < -0.39 is 0 Å². The molecule has 46 valence electrons. The minimum Gasteiger partial charge on any atom is -0.283 e. The average Bonchev–Trinajstić information content (AvgIpc) is 2.14. The second-order valence-electron chi connectivity index (χ2n) is 2.23. The predicted octanol–water partition coefficient (Wildman–Crippen LogP) is 1.07. The molecule has 1 N–H and O–H groups in total. The lowest BCUT2D eigenvalue weighted by atomic mass is 10.3. The van der Waals surface area contributed by atoms with Gasteiger partial charge in [0.1, 0.15) is 6.17 Å². The first-order valence-corrected chi connectivity index (χ1v) is 2.91. The third-order valence-electron chi connectivity index (χ3n) is 1.63. The summed E-state index contributed by atoms with van der Waals surface area (Å²) in [4.78, 5) is 2.10. The van der Waals surface area contributed by atoms with Crippen molar-refractivity contribution in [1.29, 1.82) is 5.53 Å². The van der Waals surface area contributed by atoms with Crippen molar-refractivity contribution in [3.63, 3.8) is 0 Å². The Bertz CT molecular complexity index is 91.7. The summed E-state index contributed by atoms with van der Waals surface area (Å²) in [5.41, 5.74) is 6.71. The van der Waals surface area contributed by atoms with Crippen LogP contribution in [0.5, 0.6) is 0 Å². The maximum atomic E-state index is 6.71. The molecule has 0 radical (unpaired) electrons. The lowest BCUT2D eigenvalue weighted by Gasteiger charge is -2.11. The van der Waals surface area contributed by atoms with Crippen molar-refractivity contribution < 1.29 is 0 Å². The standard InChI is InChI=1S/C5H11N3/c1-8-4-2-3-5(8)7-6/h5-6H,2-4H2,1H3. The molecule has 0 bridgehead atoms. The Morgan fingerprint density at radius 2 is 2.50 bits per heavy atom. The third kappa shape index (κ3) is 0.865. The zero-order valence-electron chi connectivity index (χ0n) is 5.09. The Hall–Kier alpha value is -0.440. The van der Waals surface area contributed by atoms with Crippen LogP contribution in [0.1, 0.15) is 12.8 Å². The third-order valence-corrected chi connectivity index (χ3v) is 1.63. The average molecular weight is 113 g/mol. The monoisotopic (exact) mass is 113 g/mol. The fraction of sp³-hybridized carbons (Fsp3) is 1.00. The minimum atomic E-state index is 0.190. The normalized spacial score (nSPS) is 30.9. The van der Waals surface area contributed by atoms with Crippen LogP contribution in [0.3, 0.4) is 0 Å². The molecule has 8 heavy (non-hydrogen) atoms. The summed E-state index contributed by atoms with van der Waals surface area (Å²) in [5, 5.41) is 3.44. The van der Waals surface area contributed by atoms with Crippen LogP contribution >= 0.6 is 0 Å². The Kier molecular flexibility index (Phi) is 1.58. The number of hydrogen-bond acceptors (Lipinski definition) is 3. The maximum absolute atomic E-state index is 6.71. The summed E-state index contributed by atoms with van der Waals surface area (Å²) < 4.78 is 0. The van der Waals surface area contributed by atoms with Crippen molar-refractivity contribution in [1.82, 2.24) is 4.90 Å². The Labute approximate surface area is 49.2 Å². The largest absolute Gasteiger partial charge is 0.283 e. The summed E-state index contributed by atoms with van der Waals surface area (Å²) in [5.74, 6) is 0. The van der Waals surface area contributed by atoms with Gasteiger partial charge in [-0.3, -0.25) is 4.90 Å². The number of rotatable bonds is 1. The van der Waals surface area contributed by atoms with Gasteiger partial charge in [-0.1, -0.05) is 0 Å². The van der Waals surface area contributed by atoms with Gasteiger partial charge in [0, 0.05) is 6.54 Å². The zero-order valence-corrected chi connectivity index (χ0v) is 5.09. The van der Waals surface area contributed by atoms with E-state index in [1.165, 1.54) is 6.42 Å². The molecule has 0 aromatic carbocycles. The number of nitrogens with one attached hydrogen (secondary N) is 1. The maximum Gasteiger partial charge on any atom is 0.123 e. The van der Waals surface area contributed by atoms with Crippen LogP contribution in [-0.4, -0.2) is 24.7 Å². The van der Waals surface area contributed by atoms with E-state index in [0.29, 0.717) is 0 Å². The number of hydrogen-bond donors (Lipinski definition) is 1. The quantitative estimate of drug-likeness (QED) is 0.507. The van der Waals surface area contributed by atoms with E-state index in [-0.39, 0.29) is 6.17 Å². The first-order valence-electron chi connectivity index (χ1n) is 2.91. The highest BCUT2D eigenvalue weighted by molar-refractivity contribution is 4.71. The van der Waals surface area contributed by atoms with Crippen molar-refractivity contribution in [2.24, 2.45) is 5.11 Å². The van der Waals surface area contributed by atoms with Crippen molar-refractivity contribution >= 4 is 0 Å². The Morgan fingerprint density at radius 1 is 1.75 bits per heavy atom. The van der Waals surface area contributed by atoms with Gasteiger partial charge in [0.05, 0.1) is 0 Å². The smallest absolute Gasteiger partial charge is 0.123 e. The van der Waals surface area contributed by atoms with Gasteiger partial charge in [-0.25, -0.2) is 5.53 Å². The van der Waals surface area contributed by atoms with Crippen LogP contribution in [0, 0.1) is 5.53 Å². The van der Waals surface area contributed by atoms with Gasteiger partial charge in [0.2, 0.25) is 0 Å². The van der Waals surface area contributed by atoms with Crippen LogP contribution in [0.25, 0.3) is 0 Å². The van der Waals surface area contributed by atoms with E-state index in [1.807, 2.05) is 7.05 Å². The molecule has 1 fully saturated rings. The van der Waals surface area contributed by atoms with Crippen LogP contribution < -0.4 is 0 Å². The van der Waals surface area contributed by atoms with Gasteiger partial charge in [-0.2, -0.15) is 5.11 Å². The van der Waals surface area contributed by atoms with E-state index >= 15 is 0 Å². The van der Waals surface area contributed by atoms with Crippen LogP contribution in [0.15, 0.2) is 5.11 Å². The molecular weight excluding hydrogens is 102 g/mol. The topological polar surface area (TPSA) is 39.5 Å². The molecule has 1 aliphatic heterocycles. The van der Waals surface area contributed by atoms with Gasteiger partial charge < -0.3 is 0 Å². The zero-order chi connectivity index (χ0) is 5.98.